The van der Waals surface area contributed by atoms with Gasteiger partial charge in [0.05, 0.1) is 13.0 Å². The van der Waals surface area contributed by atoms with Crippen LogP contribution >= 0.6 is 0 Å². The molecule has 0 bridgehead atoms. The van der Waals surface area contributed by atoms with E-state index in [0.717, 1.165) is 6.42 Å². The molecule has 1 fully saturated rings. The number of hydrogen-bond donors (Lipinski definition) is 1. The van der Waals surface area contributed by atoms with Gasteiger partial charge in [-0.15, -0.1) is 0 Å². The number of rotatable bonds is 8. The van der Waals surface area contributed by atoms with E-state index in [-0.39, 0.29) is 12.0 Å². The van der Waals surface area contributed by atoms with Crippen molar-refractivity contribution in [1.29, 1.82) is 0 Å². The molecule has 0 amide bonds. The number of nitrogens with one attached hydrogen (secondary N) is 1. The van der Waals surface area contributed by atoms with Crippen LogP contribution in [-0.2, 0) is 16.0 Å². The van der Waals surface area contributed by atoms with Crippen molar-refractivity contribution < 1.29 is 9.53 Å². The molecule has 0 aliphatic heterocycles. The first kappa shape index (κ1) is 16.0. The second-order valence-electron chi connectivity index (χ2n) is 6.25. The van der Waals surface area contributed by atoms with Crippen LogP contribution in [-0.4, -0.2) is 24.7 Å². The third-order valence-corrected chi connectivity index (χ3v) is 3.90. The SMILES string of the molecule is CCOC(=O)CC(Cc1ccc(C(C)C)cc1)NC1CC1. The Bertz CT molecular complexity index is 449. The van der Waals surface area contributed by atoms with Crippen LogP contribution in [0.4, 0.5) is 0 Å². The molecule has 0 spiro atoms. The highest BCUT2D eigenvalue weighted by Crippen LogP contribution is 2.22. The second kappa shape index (κ2) is 7.60. The van der Waals surface area contributed by atoms with Crippen molar-refractivity contribution in [2.24, 2.45) is 0 Å². The van der Waals surface area contributed by atoms with E-state index in [1.807, 2.05) is 6.92 Å². The van der Waals surface area contributed by atoms with Gasteiger partial charge in [-0.05, 0) is 43.2 Å². The number of esters is 1. The van der Waals surface area contributed by atoms with E-state index >= 15 is 0 Å². The monoisotopic (exact) mass is 289 g/mol. The van der Waals surface area contributed by atoms with Crippen LogP contribution in [0.5, 0.6) is 0 Å². The summed E-state index contributed by atoms with van der Waals surface area (Å²) in [5, 5.41) is 3.57. The standard InChI is InChI=1S/C18H27NO2/c1-4-21-18(20)12-17(19-16-9-10-16)11-14-5-7-15(8-6-14)13(2)3/h5-8,13,16-17,19H,4,9-12H2,1-3H3. The summed E-state index contributed by atoms with van der Waals surface area (Å²) in [5.41, 5.74) is 2.64. The van der Waals surface area contributed by atoms with Crippen LogP contribution < -0.4 is 5.32 Å². The molecule has 0 heterocycles. The van der Waals surface area contributed by atoms with E-state index in [1.165, 1.54) is 24.0 Å². The Balaban J connectivity index is 1.94. The van der Waals surface area contributed by atoms with Crippen LogP contribution in [0.3, 0.4) is 0 Å². The third kappa shape index (κ3) is 5.50. The predicted octanol–water partition coefficient (Wildman–Crippen LogP) is 3.43. The molecule has 1 unspecified atom stereocenters. The smallest absolute Gasteiger partial charge is 0.307 e. The maximum atomic E-state index is 11.7. The first-order valence-corrected chi connectivity index (χ1v) is 8.09. The Kier molecular flexibility index (Phi) is 5.80. The lowest BCUT2D eigenvalue weighted by Gasteiger charge is -2.18. The lowest BCUT2D eigenvalue weighted by Crippen LogP contribution is -2.35. The predicted molar refractivity (Wildman–Crippen MR) is 85.4 cm³/mol. The molecule has 3 nitrogen and oxygen atoms in total. The fourth-order valence-corrected chi connectivity index (χ4v) is 2.52. The van der Waals surface area contributed by atoms with Crippen LogP contribution in [0.15, 0.2) is 24.3 Å². The van der Waals surface area contributed by atoms with Crippen molar-refractivity contribution in [1.82, 2.24) is 5.32 Å². The largest absolute Gasteiger partial charge is 0.466 e. The van der Waals surface area contributed by atoms with Crippen molar-refractivity contribution in [2.75, 3.05) is 6.61 Å². The van der Waals surface area contributed by atoms with Gasteiger partial charge in [0.2, 0.25) is 0 Å². The van der Waals surface area contributed by atoms with Crippen molar-refractivity contribution in [3.63, 3.8) is 0 Å². The summed E-state index contributed by atoms with van der Waals surface area (Å²) in [5.74, 6) is 0.452. The van der Waals surface area contributed by atoms with E-state index in [9.17, 15) is 4.79 Å². The topological polar surface area (TPSA) is 38.3 Å². The molecule has 1 aliphatic rings. The second-order valence-corrected chi connectivity index (χ2v) is 6.25. The Hall–Kier alpha value is -1.35. The highest BCUT2D eigenvalue weighted by atomic mass is 16.5. The summed E-state index contributed by atoms with van der Waals surface area (Å²) >= 11 is 0. The van der Waals surface area contributed by atoms with Gasteiger partial charge in [-0.25, -0.2) is 0 Å². The van der Waals surface area contributed by atoms with Gasteiger partial charge < -0.3 is 10.1 Å². The molecular weight excluding hydrogens is 262 g/mol. The molecule has 2 rings (SSSR count). The minimum absolute atomic E-state index is 0.102. The summed E-state index contributed by atoms with van der Waals surface area (Å²) < 4.78 is 5.08. The van der Waals surface area contributed by atoms with E-state index in [2.05, 4.69) is 43.4 Å². The van der Waals surface area contributed by atoms with Gasteiger partial charge in [0.25, 0.3) is 0 Å². The fourth-order valence-electron chi connectivity index (χ4n) is 2.52. The van der Waals surface area contributed by atoms with Gasteiger partial charge in [0.1, 0.15) is 0 Å². The minimum Gasteiger partial charge on any atom is -0.466 e. The maximum absolute atomic E-state index is 11.7. The van der Waals surface area contributed by atoms with E-state index in [1.54, 1.807) is 0 Å². The molecular formula is C18H27NO2. The van der Waals surface area contributed by atoms with Gasteiger partial charge in [0, 0.05) is 12.1 Å². The number of benzene rings is 1. The highest BCUT2D eigenvalue weighted by Gasteiger charge is 2.26. The molecule has 116 valence electrons. The third-order valence-electron chi connectivity index (χ3n) is 3.90. The van der Waals surface area contributed by atoms with E-state index in [4.69, 9.17) is 4.74 Å². The molecule has 0 radical (unpaired) electrons. The minimum atomic E-state index is -0.102. The molecule has 0 aromatic heterocycles. The Labute approximate surface area is 128 Å². The average Bonchev–Trinajstić information content (AvgIpc) is 3.23. The Morgan fingerprint density at radius 1 is 1.29 bits per heavy atom. The highest BCUT2D eigenvalue weighted by molar-refractivity contribution is 5.70. The summed E-state index contributed by atoms with van der Waals surface area (Å²) in [4.78, 5) is 11.7. The summed E-state index contributed by atoms with van der Waals surface area (Å²) in [6.07, 6.45) is 3.79. The zero-order valence-electron chi connectivity index (χ0n) is 13.4. The van der Waals surface area contributed by atoms with E-state index in [0.29, 0.717) is 25.0 Å². The molecule has 1 aliphatic carbocycles. The van der Waals surface area contributed by atoms with Crippen LogP contribution in [0.2, 0.25) is 0 Å². The molecule has 1 N–H and O–H groups in total. The molecule has 1 aromatic carbocycles. The van der Waals surface area contributed by atoms with Crippen molar-refractivity contribution in [2.45, 2.75) is 64.5 Å². The van der Waals surface area contributed by atoms with Crippen molar-refractivity contribution in [3.8, 4) is 0 Å². The normalized spacial score (nSPS) is 16.0. The fraction of sp³-hybridized carbons (Fsp3) is 0.611. The van der Waals surface area contributed by atoms with Gasteiger partial charge in [-0.2, -0.15) is 0 Å². The lowest BCUT2D eigenvalue weighted by atomic mass is 9.98. The number of hydrogen-bond acceptors (Lipinski definition) is 3. The molecule has 1 atom stereocenters. The van der Waals surface area contributed by atoms with Gasteiger partial charge >= 0.3 is 5.97 Å². The van der Waals surface area contributed by atoms with E-state index < -0.39 is 0 Å². The Morgan fingerprint density at radius 2 is 1.95 bits per heavy atom. The Morgan fingerprint density at radius 3 is 2.48 bits per heavy atom. The van der Waals surface area contributed by atoms with Crippen LogP contribution in [0, 0.1) is 0 Å². The van der Waals surface area contributed by atoms with Gasteiger partial charge in [-0.3, -0.25) is 4.79 Å². The molecule has 0 saturated heterocycles. The lowest BCUT2D eigenvalue weighted by molar-refractivity contribution is -0.143. The molecule has 1 aromatic rings. The first-order valence-electron chi connectivity index (χ1n) is 8.09. The van der Waals surface area contributed by atoms with Gasteiger partial charge in [0.15, 0.2) is 0 Å². The van der Waals surface area contributed by atoms with Gasteiger partial charge in [-0.1, -0.05) is 38.1 Å². The molecule has 21 heavy (non-hydrogen) atoms. The summed E-state index contributed by atoms with van der Waals surface area (Å²) in [6.45, 7) is 6.71. The average molecular weight is 289 g/mol. The number of ether oxygens (including phenoxy) is 1. The molecule has 3 heteroatoms. The van der Waals surface area contributed by atoms with Crippen molar-refractivity contribution in [3.05, 3.63) is 35.4 Å². The maximum Gasteiger partial charge on any atom is 0.307 e. The number of carbonyl (C=O) groups is 1. The van der Waals surface area contributed by atoms with Crippen LogP contribution in [0.1, 0.15) is 57.1 Å². The van der Waals surface area contributed by atoms with Crippen LogP contribution in [0.25, 0.3) is 0 Å². The zero-order valence-corrected chi connectivity index (χ0v) is 13.4. The van der Waals surface area contributed by atoms with Crippen molar-refractivity contribution >= 4 is 5.97 Å². The first-order chi connectivity index (χ1) is 10.1. The number of carbonyl (C=O) groups excluding carboxylic acids is 1. The summed E-state index contributed by atoms with van der Waals surface area (Å²) in [6, 6.07) is 9.53. The zero-order chi connectivity index (χ0) is 15.2. The quantitative estimate of drug-likeness (QED) is 0.745. The summed E-state index contributed by atoms with van der Waals surface area (Å²) in [7, 11) is 0. The molecule has 1 saturated carbocycles.